The highest BCUT2D eigenvalue weighted by molar-refractivity contribution is 5.96. The van der Waals surface area contributed by atoms with Crippen LogP contribution >= 0.6 is 0 Å². The van der Waals surface area contributed by atoms with E-state index in [0.717, 1.165) is 42.5 Å². The van der Waals surface area contributed by atoms with E-state index in [1.807, 2.05) is 24.4 Å². The van der Waals surface area contributed by atoms with Gasteiger partial charge in [-0.25, -0.2) is 0 Å². The van der Waals surface area contributed by atoms with Gasteiger partial charge < -0.3 is 4.98 Å². The Morgan fingerprint density at radius 3 is 3.00 bits per heavy atom. The molecule has 0 atom stereocenters. The lowest BCUT2D eigenvalue weighted by atomic mass is 9.97. The summed E-state index contributed by atoms with van der Waals surface area (Å²) in [6.07, 6.45) is 5.39. The average molecular weight is 251 g/mol. The van der Waals surface area contributed by atoms with Crippen LogP contribution in [0.5, 0.6) is 0 Å². The number of nitrogens with one attached hydrogen (secondary N) is 1. The van der Waals surface area contributed by atoms with Gasteiger partial charge in [0.1, 0.15) is 0 Å². The highest BCUT2D eigenvalue weighted by atomic mass is 15.1. The molecule has 2 aromatic rings. The van der Waals surface area contributed by atoms with Crippen molar-refractivity contribution in [3.05, 3.63) is 41.6 Å². The number of aromatic amines is 1. The van der Waals surface area contributed by atoms with Crippen LogP contribution in [0.3, 0.4) is 0 Å². The number of rotatable bonds is 2. The third kappa shape index (κ3) is 2.05. The lowest BCUT2D eigenvalue weighted by molar-refractivity contribution is 0.319. The van der Waals surface area contributed by atoms with E-state index in [1.165, 1.54) is 11.1 Å². The van der Waals surface area contributed by atoms with Gasteiger partial charge in [-0.1, -0.05) is 19.1 Å². The van der Waals surface area contributed by atoms with Crippen LogP contribution in [0.25, 0.3) is 16.5 Å². The fourth-order valence-electron chi connectivity index (χ4n) is 2.77. The van der Waals surface area contributed by atoms with Gasteiger partial charge >= 0.3 is 0 Å². The molecule has 0 spiro atoms. The SMILES string of the molecule is CCN1CC=C(c2c[nH]c3cccc(C#N)c23)CC1. The zero-order valence-electron chi connectivity index (χ0n) is 11.1. The second kappa shape index (κ2) is 4.91. The molecule has 0 unspecified atom stereocenters. The lowest BCUT2D eigenvalue weighted by Crippen LogP contribution is -2.27. The third-order valence-corrected chi connectivity index (χ3v) is 3.91. The fraction of sp³-hybridized carbons (Fsp3) is 0.312. The molecule has 0 amide bonds. The Balaban J connectivity index is 2.07. The summed E-state index contributed by atoms with van der Waals surface area (Å²) in [6.45, 7) is 5.40. The van der Waals surface area contributed by atoms with Crippen molar-refractivity contribution in [3.63, 3.8) is 0 Å². The van der Waals surface area contributed by atoms with Crippen molar-refractivity contribution >= 4 is 16.5 Å². The van der Waals surface area contributed by atoms with Crippen molar-refractivity contribution in [2.75, 3.05) is 19.6 Å². The molecule has 1 aliphatic heterocycles. The van der Waals surface area contributed by atoms with Crippen LogP contribution in [0, 0.1) is 11.3 Å². The van der Waals surface area contributed by atoms with Crippen molar-refractivity contribution in [3.8, 4) is 6.07 Å². The van der Waals surface area contributed by atoms with E-state index in [-0.39, 0.29) is 0 Å². The largest absolute Gasteiger partial charge is 0.361 e. The maximum atomic E-state index is 9.27. The first-order valence-electron chi connectivity index (χ1n) is 6.75. The second-order valence-corrected chi connectivity index (χ2v) is 4.91. The standard InChI is InChI=1S/C16H17N3/c1-2-19-8-6-12(7-9-19)14-11-18-15-5-3-4-13(10-17)16(14)15/h3-6,11,18H,2,7-9H2,1H3. The molecule has 0 saturated carbocycles. The summed E-state index contributed by atoms with van der Waals surface area (Å²) in [4.78, 5) is 5.70. The van der Waals surface area contributed by atoms with E-state index in [4.69, 9.17) is 0 Å². The molecule has 3 rings (SSSR count). The molecule has 2 heterocycles. The van der Waals surface area contributed by atoms with Crippen molar-refractivity contribution in [2.24, 2.45) is 0 Å². The molecule has 96 valence electrons. The Morgan fingerprint density at radius 1 is 1.42 bits per heavy atom. The Labute approximate surface area is 113 Å². The van der Waals surface area contributed by atoms with E-state index < -0.39 is 0 Å². The van der Waals surface area contributed by atoms with E-state index >= 15 is 0 Å². The van der Waals surface area contributed by atoms with Gasteiger partial charge in [0.15, 0.2) is 0 Å². The maximum Gasteiger partial charge on any atom is 0.0998 e. The Kier molecular flexibility index (Phi) is 3.10. The molecule has 1 N–H and O–H groups in total. The minimum atomic E-state index is 0.757. The quantitative estimate of drug-likeness (QED) is 0.891. The molecular formula is C16H17N3. The predicted octanol–water partition coefficient (Wildman–Crippen LogP) is 3.15. The van der Waals surface area contributed by atoms with Crippen molar-refractivity contribution in [1.29, 1.82) is 5.26 Å². The van der Waals surface area contributed by atoms with Gasteiger partial charge in [-0.2, -0.15) is 5.26 Å². The molecule has 1 aliphatic rings. The summed E-state index contributed by atoms with van der Waals surface area (Å²) < 4.78 is 0. The maximum absolute atomic E-state index is 9.27. The summed E-state index contributed by atoms with van der Waals surface area (Å²) in [5, 5.41) is 10.3. The first kappa shape index (κ1) is 12.0. The molecule has 1 aromatic carbocycles. The first-order chi connectivity index (χ1) is 9.33. The molecule has 0 bridgehead atoms. The van der Waals surface area contributed by atoms with Crippen molar-refractivity contribution in [2.45, 2.75) is 13.3 Å². The van der Waals surface area contributed by atoms with Gasteiger partial charge in [0, 0.05) is 35.8 Å². The van der Waals surface area contributed by atoms with Crippen LogP contribution < -0.4 is 0 Å². The smallest absolute Gasteiger partial charge is 0.0998 e. The molecule has 0 saturated heterocycles. The summed E-state index contributed by atoms with van der Waals surface area (Å²) >= 11 is 0. The van der Waals surface area contributed by atoms with Crippen LogP contribution in [-0.2, 0) is 0 Å². The van der Waals surface area contributed by atoms with E-state index in [0.29, 0.717) is 0 Å². The van der Waals surface area contributed by atoms with Gasteiger partial charge in [-0.05, 0) is 30.7 Å². The molecule has 19 heavy (non-hydrogen) atoms. The minimum Gasteiger partial charge on any atom is -0.361 e. The minimum absolute atomic E-state index is 0.757. The summed E-state index contributed by atoms with van der Waals surface area (Å²) in [5.74, 6) is 0. The zero-order valence-corrected chi connectivity index (χ0v) is 11.1. The van der Waals surface area contributed by atoms with E-state index in [2.05, 4.69) is 29.0 Å². The van der Waals surface area contributed by atoms with Crippen LogP contribution in [0.15, 0.2) is 30.5 Å². The molecule has 1 aromatic heterocycles. The van der Waals surface area contributed by atoms with Crippen LogP contribution in [0.1, 0.15) is 24.5 Å². The molecule has 3 heteroatoms. The number of nitriles is 1. The van der Waals surface area contributed by atoms with Crippen molar-refractivity contribution in [1.82, 2.24) is 9.88 Å². The van der Waals surface area contributed by atoms with Gasteiger partial charge in [-0.15, -0.1) is 0 Å². The van der Waals surface area contributed by atoms with Gasteiger partial charge in [0.2, 0.25) is 0 Å². The molecule has 0 radical (unpaired) electrons. The molecule has 3 nitrogen and oxygen atoms in total. The number of benzene rings is 1. The zero-order chi connectivity index (χ0) is 13.2. The third-order valence-electron chi connectivity index (χ3n) is 3.91. The number of aromatic nitrogens is 1. The molecule has 0 fully saturated rings. The van der Waals surface area contributed by atoms with Crippen LogP contribution in [0.2, 0.25) is 0 Å². The number of nitrogens with zero attached hydrogens (tertiary/aromatic N) is 2. The summed E-state index contributed by atoms with van der Waals surface area (Å²) in [7, 11) is 0. The molecule has 0 aliphatic carbocycles. The number of fused-ring (bicyclic) bond motifs is 1. The summed E-state index contributed by atoms with van der Waals surface area (Å²) in [5.41, 5.74) is 4.36. The van der Waals surface area contributed by atoms with Crippen molar-refractivity contribution < 1.29 is 0 Å². The number of hydrogen-bond acceptors (Lipinski definition) is 2. The first-order valence-corrected chi connectivity index (χ1v) is 6.75. The Hall–Kier alpha value is -2.05. The number of hydrogen-bond donors (Lipinski definition) is 1. The lowest BCUT2D eigenvalue weighted by Gasteiger charge is -2.24. The molecular weight excluding hydrogens is 234 g/mol. The Morgan fingerprint density at radius 2 is 2.32 bits per heavy atom. The fourth-order valence-corrected chi connectivity index (χ4v) is 2.77. The highest BCUT2D eigenvalue weighted by Gasteiger charge is 2.16. The van der Waals surface area contributed by atoms with Crippen LogP contribution in [-0.4, -0.2) is 29.5 Å². The normalized spacial score (nSPS) is 16.3. The Bertz CT molecular complexity index is 673. The van der Waals surface area contributed by atoms with E-state index in [1.54, 1.807) is 0 Å². The number of H-pyrrole nitrogens is 1. The second-order valence-electron chi connectivity index (χ2n) is 4.91. The van der Waals surface area contributed by atoms with E-state index in [9.17, 15) is 5.26 Å². The van der Waals surface area contributed by atoms with Gasteiger partial charge in [-0.3, -0.25) is 4.90 Å². The van der Waals surface area contributed by atoms with Gasteiger partial charge in [0.25, 0.3) is 0 Å². The van der Waals surface area contributed by atoms with Crippen LogP contribution in [0.4, 0.5) is 0 Å². The topological polar surface area (TPSA) is 42.8 Å². The summed E-state index contributed by atoms with van der Waals surface area (Å²) in [6, 6.07) is 8.14. The predicted molar refractivity (Wildman–Crippen MR) is 77.7 cm³/mol. The average Bonchev–Trinajstić information content (AvgIpc) is 2.91. The number of likely N-dealkylation sites (N-methyl/N-ethyl adjacent to an activating group) is 1. The monoisotopic (exact) mass is 251 g/mol. The highest BCUT2D eigenvalue weighted by Crippen LogP contribution is 2.31. The van der Waals surface area contributed by atoms with Gasteiger partial charge in [0.05, 0.1) is 11.6 Å².